The van der Waals surface area contributed by atoms with Crippen LogP contribution in [0.4, 0.5) is 4.79 Å². The van der Waals surface area contributed by atoms with E-state index in [2.05, 4.69) is 15.7 Å². The highest BCUT2D eigenvalue weighted by Crippen LogP contribution is 2.03. The van der Waals surface area contributed by atoms with Gasteiger partial charge in [0.2, 0.25) is 0 Å². The molecule has 0 spiro atoms. The van der Waals surface area contributed by atoms with Gasteiger partial charge in [0.15, 0.2) is 0 Å². The first-order valence-corrected chi connectivity index (χ1v) is 5.14. The SMILES string of the molecule is CCCNC(=O)NCc1cn(C)nc1C. The van der Waals surface area contributed by atoms with Crippen LogP contribution in [0.15, 0.2) is 6.20 Å². The van der Waals surface area contributed by atoms with Crippen molar-refractivity contribution in [3.05, 3.63) is 17.5 Å². The van der Waals surface area contributed by atoms with Gasteiger partial charge < -0.3 is 10.6 Å². The number of hydrogen-bond acceptors (Lipinski definition) is 2. The summed E-state index contributed by atoms with van der Waals surface area (Å²) in [7, 11) is 1.87. The zero-order valence-electron chi connectivity index (χ0n) is 9.50. The third-order valence-electron chi connectivity index (χ3n) is 2.09. The number of carbonyl (C=O) groups excluding carboxylic acids is 1. The summed E-state index contributed by atoms with van der Waals surface area (Å²) in [4.78, 5) is 11.2. The zero-order chi connectivity index (χ0) is 11.3. The summed E-state index contributed by atoms with van der Waals surface area (Å²) in [6.45, 7) is 5.18. The molecule has 2 N–H and O–H groups in total. The quantitative estimate of drug-likeness (QED) is 0.777. The van der Waals surface area contributed by atoms with E-state index in [0.29, 0.717) is 13.1 Å². The molecule has 0 aliphatic carbocycles. The predicted octanol–water partition coefficient (Wildman–Crippen LogP) is 0.938. The average Bonchev–Trinajstić information content (AvgIpc) is 2.51. The fourth-order valence-electron chi connectivity index (χ4n) is 1.30. The largest absolute Gasteiger partial charge is 0.338 e. The van der Waals surface area contributed by atoms with E-state index >= 15 is 0 Å². The van der Waals surface area contributed by atoms with Crippen LogP contribution >= 0.6 is 0 Å². The Balaban J connectivity index is 2.36. The Kier molecular flexibility index (Phi) is 4.15. The topological polar surface area (TPSA) is 59.0 Å². The van der Waals surface area contributed by atoms with Gasteiger partial charge in [-0.1, -0.05) is 6.92 Å². The minimum absolute atomic E-state index is 0.125. The number of rotatable bonds is 4. The molecule has 1 aromatic rings. The van der Waals surface area contributed by atoms with Crippen LogP contribution in [-0.4, -0.2) is 22.4 Å². The van der Waals surface area contributed by atoms with Crippen LogP contribution in [0.25, 0.3) is 0 Å². The Morgan fingerprint density at radius 2 is 2.27 bits per heavy atom. The molecule has 0 radical (unpaired) electrons. The van der Waals surface area contributed by atoms with Gasteiger partial charge in [-0.25, -0.2) is 4.79 Å². The van der Waals surface area contributed by atoms with Gasteiger partial charge in [-0.3, -0.25) is 4.68 Å². The Hall–Kier alpha value is -1.52. The molecule has 0 unspecified atom stereocenters. The monoisotopic (exact) mass is 210 g/mol. The molecule has 0 aliphatic rings. The van der Waals surface area contributed by atoms with Gasteiger partial charge in [-0.05, 0) is 13.3 Å². The number of aromatic nitrogens is 2. The van der Waals surface area contributed by atoms with E-state index in [1.54, 1.807) is 4.68 Å². The highest BCUT2D eigenvalue weighted by Gasteiger charge is 2.04. The lowest BCUT2D eigenvalue weighted by atomic mass is 10.3. The second kappa shape index (κ2) is 5.38. The third kappa shape index (κ3) is 3.61. The lowest BCUT2D eigenvalue weighted by Gasteiger charge is -2.05. The van der Waals surface area contributed by atoms with Crippen molar-refractivity contribution in [3.8, 4) is 0 Å². The molecular weight excluding hydrogens is 192 g/mol. The summed E-state index contributed by atoms with van der Waals surface area (Å²) < 4.78 is 1.75. The number of amides is 2. The predicted molar refractivity (Wildman–Crippen MR) is 58.5 cm³/mol. The molecule has 1 rings (SSSR count). The van der Waals surface area contributed by atoms with Crippen molar-refractivity contribution in [2.45, 2.75) is 26.8 Å². The van der Waals surface area contributed by atoms with Crippen molar-refractivity contribution in [2.75, 3.05) is 6.54 Å². The first-order chi connectivity index (χ1) is 7.13. The minimum atomic E-state index is -0.125. The van der Waals surface area contributed by atoms with Crippen molar-refractivity contribution >= 4 is 6.03 Å². The average molecular weight is 210 g/mol. The number of aryl methyl sites for hydroxylation is 2. The second-order valence-electron chi connectivity index (χ2n) is 3.52. The van der Waals surface area contributed by atoms with Crippen molar-refractivity contribution in [1.82, 2.24) is 20.4 Å². The molecule has 15 heavy (non-hydrogen) atoms. The molecule has 1 aromatic heterocycles. The molecule has 84 valence electrons. The Bertz CT molecular complexity index is 332. The van der Waals surface area contributed by atoms with E-state index in [-0.39, 0.29) is 6.03 Å². The summed E-state index contributed by atoms with van der Waals surface area (Å²) in [5, 5.41) is 9.73. The van der Waals surface area contributed by atoms with E-state index in [1.807, 2.05) is 27.1 Å². The molecular formula is C10H18N4O. The van der Waals surface area contributed by atoms with E-state index < -0.39 is 0 Å². The van der Waals surface area contributed by atoms with E-state index in [9.17, 15) is 4.79 Å². The normalized spacial score (nSPS) is 10.1. The summed E-state index contributed by atoms with van der Waals surface area (Å²) in [5.41, 5.74) is 2.00. The highest BCUT2D eigenvalue weighted by molar-refractivity contribution is 5.73. The third-order valence-corrected chi connectivity index (χ3v) is 2.09. The molecule has 5 heteroatoms. The van der Waals surface area contributed by atoms with E-state index in [4.69, 9.17) is 0 Å². The van der Waals surface area contributed by atoms with Gasteiger partial charge in [-0.2, -0.15) is 5.10 Å². The lowest BCUT2D eigenvalue weighted by molar-refractivity contribution is 0.240. The van der Waals surface area contributed by atoms with Crippen LogP contribution in [0.1, 0.15) is 24.6 Å². The maximum atomic E-state index is 11.2. The summed E-state index contributed by atoms with van der Waals surface area (Å²) in [6.07, 6.45) is 2.86. The molecule has 0 saturated carbocycles. The van der Waals surface area contributed by atoms with Gasteiger partial charge in [0.25, 0.3) is 0 Å². The second-order valence-corrected chi connectivity index (χ2v) is 3.52. The van der Waals surface area contributed by atoms with E-state index in [1.165, 1.54) is 0 Å². The Morgan fingerprint density at radius 3 is 2.80 bits per heavy atom. The van der Waals surface area contributed by atoms with Gasteiger partial charge >= 0.3 is 6.03 Å². The van der Waals surface area contributed by atoms with Gasteiger partial charge in [0, 0.05) is 31.9 Å². The number of nitrogens with zero attached hydrogens (tertiary/aromatic N) is 2. The molecule has 0 fully saturated rings. The number of nitrogens with one attached hydrogen (secondary N) is 2. The first kappa shape index (κ1) is 11.6. The Morgan fingerprint density at radius 1 is 1.53 bits per heavy atom. The van der Waals surface area contributed by atoms with Crippen LogP contribution in [0.5, 0.6) is 0 Å². The van der Waals surface area contributed by atoms with Crippen LogP contribution in [-0.2, 0) is 13.6 Å². The van der Waals surface area contributed by atoms with Crippen LogP contribution in [0, 0.1) is 6.92 Å². The van der Waals surface area contributed by atoms with Crippen molar-refractivity contribution in [3.63, 3.8) is 0 Å². The Labute approximate surface area is 89.9 Å². The number of carbonyl (C=O) groups is 1. The zero-order valence-corrected chi connectivity index (χ0v) is 9.50. The fourth-order valence-corrected chi connectivity index (χ4v) is 1.30. The van der Waals surface area contributed by atoms with E-state index in [0.717, 1.165) is 17.7 Å². The van der Waals surface area contributed by atoms with Crippen molar-refractivity contribution in [2.24, 2.45) is 7.05 Å². The van der Waals surface area contributed by atoms with Gasteiger partial charge in [0.1, 0.15) is 0 Å². The van der Waals surface area contributed by atoms with Crippen LogP contribution < -0.4 is 10.6 Å². The molecule has 2 amide bonds. The molecule has 0 saturated heterocycles. The maximum absolute atomic E-state index is 11.2. The molecule has 0 bridgehead atoms. The number of urea groups is 1. The first-order valence-electron chi connectivity index (χ1n) is 5.14. The maximum Gasteiger partial charge on any atom is 0.315 e. The number of hydrogen-bond donors (Lipinski definition) is 2. The summed E-state index contributed by atoms with van der Waals surface area (Å²) >= 11 is 0. The molecule has 0 aromatic carbocycles. The summed E-state index contributed by atoms with van der Waals surface area (Å²) in [6, 6.07) is -0.125. The van der Waals surface area contributed by atoms with Gasteiger partial charge in [-0.15, -0.1) is 0 Å². The van der Waals surface area contributed by atoms with Crippen LogP contribution in [0.3, 0.4) is 0 Å². The molecule has 1 heterocycles. The summed E-state index contributed by atoms with van der Waals surface area (Å²) in [5.74, 6) is 0. The molecule has 5 nitrogen and oxygen atoms in total. The van der Waals surface area contributed by atoms with Crippen LogP contribution in [0.2, 0.25) is 0 Å². The standard InChI is InChI=1S/C10H18N4O/c1-4-5-11-10(15)12-6-9-7-14(3)13-8(9)2/h7H,4-6H2,1-3H3,(H2,11,12,15). The molecule has 0 aliphatic heterocycles. The smallest absolute Gasteiger partial charge is 0.315 e. The van der Waals surface area contributed by atoms with Crippen molar-refractivity contribution in [1.29, 1.82) is 0 Å². The highest BCUT2D eigenvalue weighted by atomic mass is 16.2. The minimum Gasteiger partial charge on any atom is -0.338 e. The lowest BCUT2D eigenvalue weighted by Crippen LogP contribution is -2.35. The van der Waals surface area contributed by atoms with Gasteiger partial charge in [0.05, 0.1) is 5.69 Å². The fraction of sp³-hybridized carbons (Fsp3) is 0.600. The van der Waals surface area contributed by atoms with Crippen molar-refractivity contribution < 1.29 is 4.79 Å². The molecule has 0 atom stereocenters.